The van der Waals surface area contributed by atoms with Crippen molar-refractivity contribution >= 4 is 15.7 Å². The van der Waals surface area contributed by atoms with Crippen LogP contribution < -0.4 is 5.73 Å². The molecule has 1 aliphatic carbocycles. The first kappa shape index (κ1) is 16.0. The van der Waals surface area contributed by atoms with Gasteiger partial charge in [0, 0.05) is 12.3 Å². The summed E-state index contributed by atoms with van der Waals surface area (Å²) in [4.78, 5) is 14.1. The van der Waals surface area contributed by atoms with E-state index in [1.165, 1.54) is 0 Å². The third-order valence-corrected chi connectivity index (χ3v) is 4.49. The molecule has 7 heteroatoms. The lowest BCUT2D eigenvalue weighted by molar-refractivity contribution is -0.134. The fraction of sp³-hybridized carbons (Fsp3) is 0.643. The molecular weight excluding hydrogens is 292 g/mol. The SMILES string of the molecule is Cc1ccc(CN(C(=O)C(N)CCS(C)(=O)=O)C2CC2)o1. The number of nitrogens with two attached hydrogens (primary N) is 1. The predicted molar refractivity (Wildman–Crippen MR) is 79.3 cm³/mol. The second-order valence-corrected chi connectivity index (χ2v) is 7.99. The molecule has 1 fully saturated rings. The monoisotopic (exact) mass is 314 g/mol. The maximum atomic E-state index is 12.4. The maximum Gasteiger partial charge on any atom is 0.240 e. The van der Waals surface area contributed by atoms with Crippen molar-refractivity contribution < 1.29 is 17.6 Å². The van der Waals surface area contributed by atoms with E-state index in [1.807, 2.05) is 19.1 Å². The minimum atomic E-state index is -3.11. The summed E-state index contributed by atoms with van der Waals surface area (Å²) >= 11 is 0. The number of aryl methyl sites for hydroxylation is 1. The number of sulfone groups is 1. The number of rotatable bonds is 7. The van der Waals surface area contributed by atoms with Gasteiger partial charge in [-0.15, -0.1) is 0 Å². The minimum absolute atomic E-state index is 0.0712. The van der Waals surface area contributed by atoms with Gasteiger partial charge in [-0.2, -0.15) is 0 Å². The molecule has 0 saturated heterocycles. The molecule has 21 heavy (non-hydrogen) atoms. The van der Waals surface area contributed by atoms with Crippen molar-refractivity contribution in [1.29, 1.82) is 0 Å². The van der Waals surface area contributed by atoms with Crippen molar-refractivity contribution in [2.45, 2.75) is 44.8 Å². The van der Waals surface area contributed by atoms with Gasteiger partial charge in [-0.25, -0.2) is 8.42 Å². The fourth-order valence-electron chi connectivity index (χ4n) is 2.19. The van der Waals surface area contributed by atoms with E-state index in [-0.39, 0.29) is 24.1 Å². The number of hydrogen-bond donors (Lipinski definition) is 1. The molecule has 0 spiro atoms. The molecule has 1 saturated carbocycles. The molecule has 0 bridgehead atoms. The number of amides is 1. The first-order valence-corrected chi connectivity index (χ1v) is 9.11. The topological polar surface area (TPSA) is 93.6 Å². The van der Waals surface area contributed by atoms with Crippen LogP contribution in [0.5, 0.6) is 0 Å². The van der Waals surface area contributed by atoms with Crippen molar-refractivity contribution in [2.75, 3.05) is 12.0 Å². The van der Waals surface area contributed by atoms with Crippen molar-refractivity contribution in [2.24, 2.45) is 5.73 Å². The molecular formula is C14H22N2O4S. The highest BCUT2D eigenvalue weighted by Crippen LogP contribution is 2.29. The van der Waals surface area contributed by atoms with Gasteiger partial charge in [0.2, 0.25) is 5.91 Å². The molecule has 1 heterocycles. The smallest absolute Gasteiger partial charge is 0.240 e. The highest BCUT2D eigenvalue weighted by molar-refractivity contribution is 7.90. The van der Waals surface area contributed by atoms with Gasteiger partial charge in [0.15, 0.2) is 0 Å². The molecule has 0 aliphatic heterocycles. The summed E-state index contributed by atoms with van der Waals surface area (Å²) in [6.07, 6.45) is 3.22. The third-order valence-electron chi connectivity index (χ3n) is 3.51. The molecule has 1 aromatic heterocycles. The Labute approximate surface area is 125 Å². The minimum Gasteiger partial charge on any atom is -0.464 e. The van der Waals surface area contributed by atoms with Crippen LogP contribution in [0.2, 0.25) is 0 Å². The highest BCUT2D eigenvalue weighted by atomic mass is 32.2. The lowest BCUT2D eigenvalue weighted by Gasteiger charge is -2.24. The Bertz CT molecular complexity index is 604. The zero-order valence-corrected chi connectivity index (χ0v) is 13.2. The lowest BCUT2D eigenvalue weighted by Crippen LogP contribution is -2.45. The van der Waals surface area contributed by atoms with E-state index in [0.717, 1.165) is 30.6 Å². The van der Waals surface area contributed by atoms with Crippen LogP contribution >= 0.6 is 0 Å². The van der Waals surface area contributed by atoms with Crippen molar-refractivity contribution in [3.05, 3.63) is 23.7 Å². The van der Waals surface area contributed by atoms with Gasteiger partial charge in [-0.3, -0.25) is 4.79 Å². The first-order valence-electron chi connectivity index (χ1n) is 7.05. The normalized spacial score (nSPS) is 16.7. The van der Waals surface area contributed by atoms with Crippen molar-refractivity contribution in [1.82, 2.24) is 4.90 Å². The summed E-state index contributed by atoms with van der Waals surface area (Å²) in [5.41, 5.74) is 5.86. The molecule has 118 valence electrons. The molecule has 2 rings (SSSR count). The van der Waals surface area contributed by atoms with Crippen LogP contribution in [0.25, 0.3) is 0 Å². The summed E-state index contributed by atoms with van der Waals surface area (Å²) < 4.78 is 27.9. The van der Waals surface area contributed by atoms with Crippen LogP contribution in [0.1, 0.15) is 30.8 Å². The molecule has 1 atom stereocenters. The van der Waals surface area contributed by atoms with Crippen molar-refractivity contribution in [3.8, 4) is 0 Å². The number of furan rings is 1. The lowest BCUT2D eigenvalue weighted by atomic mass is 10.2. The highest BCUT2D eigenvalue weighted by Gasteiger charge is 2.35. The van der Waals surface area contributed by atoms with E-state index in [4.69, 9.17) is 10.2 Å². The second kappa shape index (κ2) is 6.19. The Hall–Kier alpha value is -1.34. The summed E-state index contributed by atoms with van der Waals surface area (Å²) in [5, 5.41) is 0. The summed E-state index contributed by atoms with van der Waals surface area (Å²) in [6, 6.07) is 3.12. The van der Waals surface area contributed by atoms with E-state index in [0.29, 0.717) is 6.54 Å². The van der Waals surface area contributed by atoms with Gasteiger partial charge in [0.05, 0.1) is 18.3 Å². The number of hydrogen-bond acceptors (Lipinski definition) is 5. The molecule has 1 aliphatic rings. The molecule has 1 unspecified atom stereocenters. The molecule has 6 nitrogen and oxygen atoms in total. The predicted octanol–water partition coefficient (Wildman–Crippen LogP) is 0.841. The van der Waals surface area contributed by atoms with E-state index < -0.39 is 15.9 Å². The molecule has 1 aromatic rings. The number of carbonyl (C=O) groups excluding carboxylic acids is 1. The van der Waals surface area contributed by atoms with Crippen LogP contribution in [0.4, 0.5) is 0 Å². The van der Waals surface area contributed by atoms with Crippen LogP contribution in [0.15, 0.2) is 16.5 Å². The average molecular weight is 314 g/mol. The summed E-state index contributed by atoms with van der Waals surface area (Å²) in [7, 11) is -3.11. The van der Waals surface area contributed by atoms with Crippen LogP contribution in [-0.4, -0.2) is 43.3 Å². The van der Waals surface area contributed by atoms with Crippen molar-refractivity contribution in [3.63, 3.8) is 0 Å². The molecule has 0 radical (unpaired) electrons. The van der Waals surface area contributed by atoms with E-state index in [2.05, 4.69) is 0 Å². The van der Waals surface area contributed by atoms with Gasteiger partial charge >= 0.3 is 0 Å². The van der Waals surface area contributed by atoms with Gasteiger partial charge in [-0.05, 0) is 38.3 Å². The van der Waals surface area contributed by atoms with Gasteiger partial charge in [0.25, 0.3) is 0 Å². The Kier molecular flexibility index (Phi) is 4.73. The summed E-state index contributed by atoms with van der Waals surface area (Å²) in [5.74, 6) is 1.26. The zero-order valence-electron chi connectivity index (χ0n) is 12.4. The third kappa shape index (κ3) is 4.86. The Morgan fingerprint density at radius 1 is 1.48 bits per heavy atom. The molecule has 2 N–H and O–H groups in total. The van der Waals surface area contributed by atoms with Crippen LogP contribution in [-0.2, 0) is 21.2 Å². The molecule has 1 amide bonds. The average Bonchev–Trinajstić information content (AvgIpc) is 3.15. The van der Waals surface area contributed by atoms with Gasteiger partial charge in [0.1, 0.15) is 21.4 Å². The first-order chi connectivity index (χ1) is 9.76. The Morgan fingerprint density at radius 2 is 2.14 bits per heavy atom. The van der Waals surface area contributed by atoms with E-state index >= 15 is 0 Å². The maximum absolute atomic E-state index is 12.4. The molecule has 0 aromatic carbocycles. The number of nitrogens with zero attached hydrogens (tertiary/aromatic N) is 1. The largest absolute Gasteiger partial charge is 0.464 e. The fourth-order valence-corrected chi connectivity index (χ4v) is 2.87. The quantitative estimate of drug-likeness (QED) is 0.805. The van der Waals surface area contributed by atoms with Crippen LogP contribution in [0.3, 0.4) is 0 Å². The van der Waals surface area contributed by atoms with E-state index in [1.54, 1.807) is 4.90 Å². The van der Waals surface area contributed by atoms with E-state index in [9.17, 15) is 13.2 Å². The van der Waals surface area contributed by atoms with Crippen LogP contribution in [0, 0.1) is 6.92 Å². The Morgan fingerprint density at radius 3 is 2.62 bits per heavy atom. The number of carbonyl (C=O) groups is 1. The van der Waals surface area contributed by atoms with Gasteiger partial charge < -0.3 is 15.1 Å². The van der Waals surface area contributed by atoms with Gasteiger partial charge in [-0.1, -0.05) is 0 Å². The Balaban J connectivity index is 1.98. The second-order valence-electron chi connectivity index (χ2n) is 5.73. The zero-order chi connectivity index (χ0) is 15.6. The standard InChI is InChI=1S/C14H22N2O4S/c1-10-3-6-12(20-10)9-16(11-4-5-11)14(17)13(15)7-8-21(2,18)19/h3,6,11,13H,4-5,7-9,15H2,1-2H3. The summed E-state index contributed by atoms with van der Waals surface area (Å²) in [6.45, 7) is 2.24.